The van der Waals surface area contributed by atoms with Gasteiger partial charge in [-0.3, -0.25) is 24.0 Å². The minimum absolute atomic E-state index is 0.0417. The molecule has 18 heteroatoms. The predicted octanol–water partition coefficient (Wildman–Crippen LogP) is 4.34. The molecule has 0 saturated carbocycles. The van der Waals surface area contributed by atoms with Crippen molar-refractivity contribution in [3.05, 3.63) is 87.7 Å². The van der Waals surface area contributed by atoms with E-state index < -0.39 is 72.5 Å². The fraction of sp³-hybridized carbons (Fsp3) is 0.450. The number of hydrogen-bond acceptors (Lipinski definition) is 12. The summed E-state index contributed by atoms with van der Waals surface area (Å²) in [6.07, 6.45) is -0.628. The highest BCUT2D eigenvalue weighted by molar-refractivity contribution is 6.36. The second-order valence-electron chi connectivity index (χ2n) is 14.8. The third kappa shape index (κ3) is 11.6. The lowest BCUT2D eigenvalue weighted by Gasteiger charge is -2.37. The standard InChI is InChI=1S/C40H47Cl2N7O9/c1-40(2,3)58-34(51)21-30(32(50)22-57-39(55)35-27(41)15-10-16-28(35)42)44-37(53)31-17-7-8-20-48(31)38(54)29(18-19-33-45-46-47-49(33)23-56-4)43-36(52)26-14-9-12-24-11-5-6-13-25(24)26/h5-6,9-16,29-31,39,55H,7-8,17-23H2,1-4H3,(H,43,52)(H,44,53)/t29-,30-,31-,39?/m0/s1. The van der Waals surface area contributed by atoms with Gasteiger partial charge in [-0.25, -0.2) is 4.68 Å². The number of aromatic nitrogens is 4. The number of rotatable bonds is 17. The second-order valence-corrected chi connectivity index (χ2v) is 15.6. The first kappa shape index (κ1) is 44.1. The quantitative estimate of drug-likeness (QED) is 0.100. The van der Waals surface area contributed by atoms with Crippen molar-refractivity contribution < 1.29 is 43.3 Å². The molecule has 1 aliphatic rings. The van der Waals surface area contributed by atoms with Gasteiger partial charge in [0.2, 0.25) is 11.8 Å². The summed E-state index contributed by atoms with van der Waals surface area (Å²) in [7, 11) is 1.49. The van der Waals surface area contributed by atoms with Crippen LogP contribution >= 0.6 is 23.2 Å². The molecule has 0 aliphatic carbocycles. The summed E-state index contributed by atoms with van der Waals surface area (Å²) >= 11 is 12.4. The summed E-state index contributed by atoms with van der Waals surface area (Å²) < 4.78 is 17.5. The van der Waals surface area contributed by atoms with Crippen LogP contribution in [0.4, 0.5) is 0 Å². The number of ketones is 1. The highest BCUT2D eigenvalue weighted by Gasteiger charge is 2.38. The van der Waals surface area contributed by atoms with Crippen molar-refractivity contribution in [1.82, 2.24) is 35.7 Å². The molecule has 0 spiro atoms. The van der Waals surface area contributed by atoms with Crippen LogP contribution in [0.25, 0.3) is 10.8 Å². The Kier molecular flexibility index (Phi) is 15.3. The predicted molar refractivity (Wildman–Crippen MR) is 212 cm³/mol. The first-order chi connectivity index (χ1) is 27.7. The minimum Gasteiger partial charge on any atom is -0.460 e. The van der Waals surface area contributed by atoms with E-state index in [-0.39, 0.29) is 48.1 Å². The van der Waals surface area contributed by atoms with Gasteiger partial charge in [-0.15, -0.1) is 5.10 Å². The minimum atomic E-state index is -1.70. The number of hydrogen-bond donors (Lipinski definition) is 3. The van der Waals surface area contributed by atoms with Gasteiger partial charge in [-0.1, -0.05) is 65.7 Å². The van der Waals surface area contributed by atoms with Crippen molar-refractivity contribution in [2.75, 3.05) is 20.3 Å². The molecule has 1 unspecified atom stereocenters. The monoisotopic (exact) mass is 839 g/mol. The van der Waals surface area contributed by atoms with Crippen molar-refractivity contribution >= 4 is 63.4 Å². The number of fused-ring (bicyclic) bond motifs is 1. The van der Waals surface area contributed by atoms with Gasteiger partial charge >= 0.3 is 5.97 Å². The lowest BCUT2D eigenvalue weighted by Crippen LogP contribution is -2.59. The average Bonchev–Trinajstić information content (AvgIpc) is 3.63. The molecule has 1 aromatic heterocycles. The van der Waals surface area contributed by atoms with Gasteiger partial charge in [0, 0.05) is 31.2 Å². The van der Waals surface area contributed by atoms with Gasteiger partial charge in [-0.05, 0) is 85.9 Å². The highest BCUT2D eigenvalue weighted by atomic mass is 35.5. The Morgan fingerprint density at radius 3 is 2.38 bits per heavy atom. The molecule has 0 bridgehead atoms. The number of aliphatic hydroxyl groups is 1. The molecule has 1 saturated heterocycles. The van der Waals surface area contributed by atoms with Crippen LogP contribution in [-0.4, -0.2) is 104 Å². The summed E-state index contributed by atoms with van der Waals surface area (Å²) in [5.41, 5.74) is -0.492. The number of nitrogens with one attached hydrogen (secondary N) is 2. The van der Waals surface area contributed by atoms with E-state index in [1.807, 2.05) is 30.3 Å². The molecule has 16 nitrogen and oxygen atoms in total. The number of methoxy groups -OCH3 is 1. The Balaban J connectivity index is 1.37. The third-order valence-corrected chi connectivity index (χ3v) is 10.0. The molecule has 4 aromatic rings. The number of Topliss-reactive ketones (excluding diaryl/α,β-unsaturated/α-hetero) is 1. The largest absolute Gasteiger partial charge is 0.460 e. The van der Waals surface area contributed by atoms with E-state index in [1.165, 1.54) is 28.8 Å². The number of ether oxygens (including phenoxy) is 3. The summed E-state index contributed by atoms with van der Waals surface area (Å²) in [5, 5.41) is 29.7. The van der Waals surface area contributed by atoms with Crippen LogP contribution in [0.2, 0.25) is 10.0 Å². The van der Waals surface area contributed by atoms with Gasteiger partial charge in [0.1, 0.15) is 37.1 Å². The number of tetrazole rings is 1. The van der Waals surface area contributed by atoms with Crippen molar-refractivity contribution in [2.24, 2.45) is 0 Å². The molecule has 58 heavy (non-hydrogen) atoms. The van der Waals surface area contributed by atoms with E-state index in [1.54, 1.807) is 39.0 Å². The number of aryl methyl sites for hydroxylation is 1. The Morgan fingerprint density at radius 2 is 1.66 bits per heavy atom. The van der Waals surface area contributed by atoms with Crippen LogP contribution in [0.15, 0.2) is 60.7 Å². The lowest BCUT2D eigenvalue weighted by molar-refractivity contribution is -0.158. The number of piperidine rings is 1. The number of nitrogens with zero attached hydrogens (tertiary/aromatic N) is 5. The molecular formula is C40H47Cl2N7O9. The Hall–Kier alpha value is -5.00. The molecule has 3 amide bonds. The van der Waals surface area contributed by atoms with Crippen molar-refractivity contribution in [3.63, 3.8) is 0 Å². The molecule has 0 radical (unpaired) electrons. The zero-order chi connectivity index (χ0) is 42.0. The number of carbonyl (C=O) groups is 5. The molecule has 3 aromatic carbocycles. The molecule has 4 atom stereocenters. The molecule has 2 heterocycles. The normalized spacial score (nSPS) is 16.0. The van der Waals surface area contributed by atoms with Gasteiger partial charge in [0.25, 0.3) is 5.91 Å². The SMILES string of the molecule is COCn1nnnc1CC[C@H](NC(=O)c1cccc2ccccc12)C(=O)N1CCCC[C@H]1C(=O)N[C@@H](CC(=O)OC(C)(C)C)C(=O)COC(O)c1c(Cl)cccc1Cl. The molecule has 310 valence electrons. The number of halogens is 2. The van der Waals surface area contributed by atoms with Crippen LogP contribution in [0.1, 0.15) is 80.9 Å². The van der Waals surface area contributed by atoms with Gasteiger partial charge in [0.05, 0.1) is 16.5 Å². The van der Waals surface area contributed by atoms with E-state index in [0.29, 0.717) is 29.6 Å². The maximum atomic E-state index is 14.6. The van der Waals surface area contributed by atoms with Crippen LogP contribution in [0, 0.1) is 0 Å². The smallest absolute Gasteiger partial charge is 0.308 e. The van der Waals surface area contributed by atoms with Crippen LogP contribution in [-0.2, 0) is 46.5 Å². The molecular weight excluding hydrogens is 793 g/mol. The van der Waals surface area contributed by atoms with E-state index in [4.69, 9.17) is 37.4 Å². The number of benzene rings is 3. The molecule has 1 aliphatic heterocycles. The molecule has 1 fully saturated rings. The first-order valence-electron chi connectivity index (χ1n) is 18.8. The lowest BCUT2D eigenvalue weighted by atomic mass is 9.97. The Bertz CT molecular complexity index is 2080. The van der Waals surface area contributed by atoms with Crippen molar-refractivity contribution in [1.29, 1.82) is 0 Å². The summed E-state index contributed by atoms with van der Waals surface area (Å²) in [5.74, 6) is -2.84. The Morgan fingerprint density at radius 1 is 0.948 bits per heavy atom. The van der Waals surface area contributed by atoms with Gasteiger partial charge in [0.15, 0.2) is 17.9 Å². The van der Waals surface area contributed by atoms with Crippen LogP contribution in [0.3, 0.4) is 0 Å². The van der Waals surface area contributed by atoms with Gasteiger partial charge < -0.3 is 34.9 Å². The number of amides is 3. The zero-order valence-electron chi connectivity index (χ0n) is 32.7. The van der Waals surface area contributed by atoms with Crippen molar-refractivity contribution in [3.8, 4) is 0 Å². The maximum Gasteiger partial charge on any atom is 0.308 e. The zero-order valence-corrected chi connectivity index (χ0v) is 34.2. The molecule has 3 N–H and O–H groups in total. The second kappa shape index (κ2) is 20.1. The van der Waals surface area contributed by atoms with E-state index in [0.717, 1.165) is 5.39 Å². The number of esters is 1. The van der Waals surface area contributed by atoms with Crippen LogP contribution in [0.5, 0.6) is 0 Å². The maximum absolute atomic E-state index is 14.6. The van der Waals surface area contributed by atoms with Crippen molar-refractivity contribution in [2.45, 2.75) is 96.0 Å². The fourth-order valence-electron chi connectivity index (χ4n) is 6.64. The first-order valence-corrected chi connectivity index (χ1v) is 19.5. The van der Waals surface area contributed by atoms with E-state index in [9.17, 15) is 29.1 Å². The fourth-order valence-corrected chi connectivity index (χ4v) is 7.22. The Labute approximate surface area is 345 Å². The summed E-state index contributed by atoms with van der Waals surface area (Å²) in [6, 6.07) is 13.6. The number of aliphatic hydroxyl groups excluding tert-OH is 1. The molecule has 5 rings (SSSR count). The van der Waals surface area contributed by atoms with Gasteiger partial charge in [-0.2, -0.15) is 0 Å². The summed E-state index contributed by atoms with van der Waals surface area (Å²) in [6.45, 7) is 4.48. The number of likely N-dealkylation sites (tertiary alicyclic amines) is 1. The summed E-state index contributed by atoms with van der Waals surface area (Å²) in [4.78, 5) is 70.7. The van der Waals surface area contributed by atoms with Crippen LogP contribution < -0.4 is 10.6 Å². The van der Waals surface area contributed by atoms with E-state index in [2.05, 4.69) is 26.2 Å². The highest BCUT2D eigenvalue weighted by Crippen LogP contribution is 2.31. The number of carbonyl (C=O) groups excluding carboxylic acids is 5. The third-order valence-electron chi connectivity index (χ3n) is 9.37. The van der Waals surface area contributed by atoms with E-state index >= 15 is 0 Å². The topological polar surface area (TPSA) is 204 Å². The average molecular weight is 841 g/mol.